The van der Waals surface area contributed by atoms with Crippen molar-refractivity contribution in [2.24, 2.45) is 5.92 Å². The minimum absolute atomic E-state index is 0.742. The fourth-order valence-corrected chi connectivity index (χ4v) is 3.23. The molecular weight excluding hydrogens is 256 g/mol. The number of pyridine rings is 1. The maximum atomic E-state index is 4.65. The molecule has 2 nitrogen and oxygen atoms in total. The van der Waals surface area contributed by atoms with E-state index < -0.39 is 0 Å². The second-order valence-corrected chi connectivity index (χ2v) is 5.92. The van der Waals surface area contributed by atoms with Gasteiger partial charge in [-0.1, -0.05) is 51.3 Å². The number of hydrogen-bond acceptors (Lipinski definition) is 1. The lowest BCUT2D eigenvalue weighted by atomic mass is 9.99. The number of hydrogen-bond donors (Lipinski definition) is 0. The molecule has 0 fully saturated rings. The minimum Gasteiger partial charge on any atom is -0.325 e. The molecule has 3 rings (SSSR count). The average Bonchev–Trinajstić information content (AvgIpc) is 2.86. The molecule has 0 amide bonds. The average molecular weight is 280 g/mol. The van der Waals surface area contributed by atoms with Gasteiger partial charge in [0.1, 0.15) is 5.65 Å². The first kappa shape index (κ1) is 14.1. The monoisotopic (exact) mass is 280 g/mol. The van der Waals surface area contributed by atoms with Gasteiger partial charge in [-0.3, -0.25) is 0 Å². The first-order chi connectivity index (χ1) is 10.3. The molecule has 21 heavy (non-hydrogen) atoms. The summed E-state index contributed by atoms with van der Waals surface area (Å²) < 4.78 is 2.43. The third kappa shape index (κ3) is 2.67. The van der Waals surface area contributed by atoms with Crippen LogP contribution in [0, 0.1) is 5.92 Å². The molecule has 3 aromatic rings. The maximum Gasteiger partial charge on any atom is 0.140 e. The van der Waals surface area contributed by atoms with Crippen molar-refractivity contribution in [1.82, 2.24) is 9.55 Å². The van der Waals surface area contributed by atoms with Gasteiger partial charge in [0.2, 0.25) is 0 Å². The molecule has 0 saturated heterocycles. The second-order valence-electron chi connectivity index (χ2n) is 5.92. The predicted molar refractivity (Wildman–Crippen MR) is 90.5 cm³/mol. The molecule has 0 saturated carbocycles. The van der Waals surface area contributed by atoms with Crippen LogP contribution in [0.3, 0.4) is 0 Å². The quantitative estimate of drug-likeness (QED) is 0.590. The van der Waals surface area contributed by atoms with Crippen molar-refractivity contribution in [3.63, 3.8) is 0 Å². The molecule has 0 aliphatic carbocycles. The van der Waals surface area contributed by atoms with E-state index in [4.69, 9.17) is 0 Å². The Balaban J connectivity index is 2.06. The summed E-state index contributed by atoms with van der Waals surface area (Å²) in [6.07, 6.45) is 7.06. The van der Waals surface area contributed by atoms with Crippen molar-refractivity contribution >= 4 is 21.9 Å². The van der Waals surface area contributed by atoms with Crippen LogP contribution in [-0.4, -0.2) is 9.55 Å². The molecular formula is C19H24N2. The molecule has 2 heterocycles. The largest absolute Gasteiger partial charge is 0.325 e. The molecule has 0 radical (unpaired) electrons. The van der Waals surface area contributed by atoms with Crippen LogP contribution in [0.2, 0.25) is 0 Å². The Hall–Kier alpha value is -1.83. The summed E-state index contributed by atoms with van der Waals surface area (Å²) in [4.78, 5) is 4.65. The molecule has 2 aromatic heterocycles. The molecule has 0 N–H and O–H groups in total. The van der Waals surface area contributed by atoms with Gasteiger partial charge in [0.15, 0.2) is 0 Å². The van der Waals surface area contributed by atoms with Crippen molar-refractivity contribution in [3.05, 3.63) is 42.6 Å². The molecule has 2 heteroatoms. The van der Waals surface area contributed by atoms with E-state index in [1.165, 1.54) is 42.0 Å². The van der Waals surface area contributed by atoms with E-state index in [1.54, 1.807) is 0 Å². The van der Waals surface area contributed by atoms with Crippen LogP contribution in [0.25, 0.3) is 21.9 Å². The molecule has 0 aliphatic heterocycles. The highest BCUT2D eigenvalue weighted by Crippen LogP contribution is 2.29. The Kier molecular flexibility index (Phi) is 4.23. The summed E-state index contributed by atoms with van der Waals surface area (Å²) in [5.74, 6) is 0.742. The summed E-state index contributed by atoms with van der Waals surface area (Å²) in [6, 6.07) is 12.9. The van der Waals surface area contributed by atoms with Gasteiger partial charge in [-0.2, -0.15) is 0 Å². The SMILES string of the molecule is CCCCC(CC)Cn1c2ccccc2c2cccnc21. The van der Waals surface area contributed by atoms with Crippen LogP contribution in [0.4, 0.5) is 0 Å². The highest BCUT2D eigenvalue weighted by Gasteiger charge is 2.14. The van der Waals surface area contributed by atoms with Crippen molar-refractivity contribution in [1.29, 1.82) is 0 Å². The van der Waals surface area contributed by atoms with Crippen molar-refractivity contribution in [3.8, 4) is 0 Å². The number of para-hydroxylation sites is 1. The van der Waals surface area contributed by atoms with Gasteiger partial charge < -0.3 is 4.57 Å². The Morgan fingerprint density at radius 1 is 1.05 bits per heavy atom. The van der Waals surface area contributed by atoms with E-state index in [0.717, 1.165) is 18.1 Å². The molecule has 0 bridgehead atoms. The zero-order chi connectivity index (χ0) is 14.7. The van der Waals surface area contributed by atoms with Crippen molar-refractivity contribution in [2.45, 2.75) is 46.1 Å². The van der Waals surface area contributed by atoms with Gasteiger partial charge >= 0.3 is 0 Å². The van der Waals surface area contributed by atoms with Gasteiger partial charge in [0.25, 0.3) is 0 Å². The second kappa shape index (κ2) is 6.30. The fraction of sp³-hybridized carbons (Fsp3) is 0.421. The zero-order valence-electron chi connectivity index (χ0n) is 13.0. The molecule has 0 spiro atoms. The lowest BCUT2D eigenvalue weighted by molar-refractivity contribution is 0.400. The van der Waals surface area contributed by atoms with Crippen molar-refractivity contribution < 1.29 is 0 Å². The minimum atomic E-state index is 0.742. The maximum absolute atomic E-state index is 4.65. The lowest BCUT2D eigenvalue weighted by Crippen LogP contribution is -2.10. The Morgan fingerprint density at radius 2 is 1.86 bits per heavy atom. The van der Waals surface area contributed by atoms with E-state index in [-0.39, 0.29) is 0 Å². The molecule has 1 unspecified atom stereocenters. The first-order valence-corrected chi connectivity index (χ1v) is 8.17. The van der Waals surface area contributed by atoms with Gasteiger partial charge in [-0.05, 0) is 30.5 Å². The molecule has 0 aliphatic rings. The number of rotatable bonds is 6. The number of fused-ring (bicyclic) bond motifs is 3. The zero-order valence-corrected chi connectivity index (χ0v) is 13.0. The highest BCUT2D eigenvalue weighted by atomic mass is 15.0. The normalized spacial score (nSPS) is 13.0. The third-order valence-corrected chi connectivity index (χ3v) is 4.51. The van der Waals surface area contributed by atoms with E-state index >= 15 is 0 Å². The summed E-state index contributed by atoms with van der Waals surface area (Å²) in [5, 5.41) is 2.60. The van der Waals surface area contributed by atoms with E-state index in [1.807, 2.05) is 12.3 Å². The number of benzene rings is 1. The smallest absolute Gasteiger partial charge is 0.140 e. The molecule has 1 aromatic carbocycles. The van der Waals surface area contributed by atoms with Crippen molar-refractivity contribution in [2.75, 3.05) is 0 Å². The van der Waals surface area contributed by atoms with E-state index in [2.05, 4.69) is 53.7 Å². The third-order valence-electron chi connectivity index (χ3n) is 4.51. The fourth-order valence-electron chi connectivity index (χ4n) is 3.23. The summed E-state index contributed by atoms with van der Waals surface area (Å²) in [6.45, 7) is 5.66. The van der Waals surface area contributed by atoms with Gasteiger partial charge in [0, 0.05) is 23.5 Å². The van der Waals surface area contributed by atoms with Crippen LogP contribution < -0.4 is 0 Å². The topological polar surface area (TPSA) is 17.8 Å². The van der Waals surface area contributed by atoms with Crippen LogP contribution in [0.5, 0.6) is 0 Å². The lowest BCUT2D eigenvalue weighted by Gasteiger charge is -2.16. The van der Waals surface area contributed by atoms with E-state index in [9.17, 15) is 0 Å². The summed E-state index contributed by atoms with van der Waals surface area (Å²) in [7, 11) is 0. The van der Waals surface area contributed by atoms with Crippen LogP contribution >= 0.6 is 0 Å². The Labute approximate surface area is 126 Å². The van der Waals surface area contributed by atoms with E-state index in [0.29, 0.717) is 0 Å². The standard InChI is InChI=1S/C19H24N2/c1-3-5-9-15(4-2)14-21-18-12-7-6-10-16(18)17-11-8-13-20-19(17)21/h6-8,10-13,15H,3-5,9,14H2,1-2H3. The first-order valence-electron chi connectivity index (χ1n) is 8.17. The van der Waals surface area contributed by atoms with Crippen LogP contribution in [0.15, 0.2) is 42.6 Å². The summed E-state index contributed by atoms with van der Waals surface area (Å²) in [5.41, 5.74) is 2.45. The predicted octanol–water partition coefficient (Wildman–Crippen LogP) is 5.41. The Bertz CT molecular complexity index is 673. The number of nitrogens with zero attached hydrogens (tertiary/aromatic N) is 2. The van der Waals surface area contributed by atoms with Gasteiger partial charge in [-0.15, -0.1) is 0 Å². The number of unbranched alkanes of at least 4 members (excludes halogenated alkanes) is 1. The number of aromatic nitrogens is 2. The van der Waals surface area contributed by atoms with Gasteiger partial charge in [-0.25, -0.2) is 4.98 Å². The Morgan fingerprint density at radius 3 is 2.67 bits per heavy atom. The molecule has 110 valence electrons. The highest BCUT2D eigenvalue weighted by molar-refractivity contribution is 6.06. The summed E-state index contributed by atoms with van der Waals surface area (Å²) >= 11 is 0. The van der Waals surface area contributed by atoms with Crippen LogP contribution in [-0.2, 0) is 6.54 Å². The van der Waals surface area contributed by atoms with Gasteiger partial charge in [0.05, 0.1) is 5.52 Å². The molecule has 1 atom stereocenters. The van der Waals surface area contributed by atoms with Crippen LogP contribution in [0.1, 0.15) is 39.5 Å².